The number of ether oxygens (including phenoxy) is 1. The molecule has 1 fully saturated rings. The number of nitrogens with one attached hydrogen (secondary N) is 1. The van der Waals surface area contributed by atoms with Crippen LogP contribution in [-0.4, -0.2) is 51.2 Å². The Labute approximate surface area is 169 Å². The van der Waals surface area contributed by atoms with E-state index in [-0.39, 0.29) is 23.8 Å². The minimum atomic E-state index is -0.313. The van der Waals surface area contributed by atoms with Crippen LogP contribution < -0.4 is 10.2 Å². The van der Waals surface area contributed by atoms with E-state index in [1.54, 1.807) is 17.1 Å². The van der Waals surface area contributed by atoms with Crippen molar-refractivity contribution in [2.75, 3.05) is 23.3 Å². The Balaban J connectivity index is 1.37. The lowest BCUT2D eigenvalue weighted by Crippen LogP contribution is -2.45. The number of aromatic nitrogens is 4. The molecule has 3 heterocycles. The van der Waals surface area contributed by atoms with Crippen LogP contribution in [0.4, 0.5) is 11.5 Å². The highest BCUT2D eigenvalue weighted by atomic mass is 16.5. The predicted octanol–water partition coefficient (Wildman–Crippen LogP) is 2.59. The molecule has 150 valence electrons. The maximum atomic E-state index is 12.5. The maximum absolute atomic E-state index is 12.5. The summed E-state index contributed by atoms with van der Waals surface area (Å²) >= 11 is 0. The Morgan fingerprint density at radius 1 is 1.14 bits per heavy atom. The van der Waals surface area contributed by atoms with Crippen molar-refractivity contribution in [3.63, 3.8) is 0 Å². The molecule has 0 aliphatic carbocycles. The number of anilines is 2. The van der Waals surface area contributed by atoms with E-state index in [0.717, 1.165) is 24.5 Å². The molecule has 4 rings (SSSR count). The standard InChI is InChI=1S/C21H24N6O2/c1-15-11-26(12-16(2)29-15)20-9-8-18(10-22-20)23-21(28)19-14-27(25-24-19)13-17-6-4-3-5-7-17/h3-10,14-16H,11-13H2,1-2H3,(H,23,28). The lowest BCUT2D eigenvalue weighted by molar-refractivity contribution is -0.00545. The van der Waals surface area contributed by atoms with Gasteiger partial charge in [0.1, 0.15) is 5.82 Å². The summed E-state index contributed by atoms with van der Waals surface area (Å²) in [5.41, 5.74) is 1.97. The zero-order valence-electron chi connectivity index (χ0n) is 16.5. The smallest absolute Gasteiger partial charge is 0.277 e. The third-order valence-corrected chi connectivity index (χ3v) is 4.71. The molecule has 1 N–H and O–H groups in total. The van der Waals surface area contributed by atoms with E-state index in [9.17, 15) is 4.79 Å². The van der Waals surface area contributed by atoms with Crippen LogP contribution in [0.25, 0.3) is 0 Å². The van der Waals surface area contributed by atoms with Crippen LogP contribution in [0.1, 0.15) is 29.9 Å². The number of carbonyl (C=O) groups is 1. The van der Waals surface area contributed by atoms with Gasteiger partial charge in [0.25, 0.3) is 5.91 Å². The van der Waals surface area contributed by atoms with Crippen molar-refractivity contribution in [3.8, 4) is 0 Å². The third-order valence-electron chi connectivity index (χ3n) is 4.71. The Hall–Kier alpha value is -3.26. The van der Waals surface area contributed by atoms with E-state index in [1.807, 2.05) is 42.5 Å². The number of nitrogens with zero attached hydrogens (tertiary/aromatic N) is 5. The molecule has 8 heteroatoms. The van der Waals surface area contributed by atoms with Gasteiger partial charge in [0.2, 0.25) is 0 Å². The summed E-state index contributed by atoms with van der Waals surface area (Å²) in [7, 11) is 0. The van der Waals surface area contributed by atoms with Crippen LogP contribution in [0.2, 0.25) is 0 Å². The molecule has 0 radical (unpaired) electrons. The summed E-state index contributed by atoms with van der Waals surface area (Å²) in [6.07, 6.45) is 3.63. The number of morpholine rings is 1. The lowest BCUT2D eigenvalue weighted by atomic mass is 10.2. The number of carbonyl (C=O) groups excluding carboxylic acids is 1. The van der Waals surface area contributed by atoms with Gasteiger partial charge in [-0.3, -0.25) is 4.79 Å². The summed E-state index contributed by atoms with van der Waals surface area (Å²) in [4.78, 5) is 19.2. The molecule has 1 aliphatic rings. The molecule has 2 atom stereocenters. The van der Waals surface area contributed by atoms with Crippen LogP contribution in [0.3, 0.4) is 0 Å². The van der Waals surface area contributed by atoms with E-state index in [1.165, 1.54) is 0 Å². The molecule has 1 saturated heterocycles. The molecule has 3 aromatic rings. The highest BCUT2D eigenvalue weighted by molar-refractivity contribution is 6.02. The molecule has 8 nitrogen and oxygen atoms in total. The minimum Gasteiger partial charge on any atom is -0.372 e. The molecule has 2 aromatic heterocycles. The maximum Gasteiger partial charge on any atom is 0.277 e. The molecular formula is C21H24N6O2. The van der Waals surface area contributed by atoms with Crippen LogP contribution >= 0.6 is 0 Å². The summed E-state index contributed by atoms with van der Waals surface area (Å²) in [5, 5.41) is 10.8. The minimum absolute atomic E-state index is 0.165. The normalized spacial score (nSPS) is 19.2. The number of hydrogen-bond acceptors (Lipinski definition) is 6. The quantitative estimate of drug-likeness (QED) is 0.718. The Morgan fingerprint density at radius 3 is 2.59 bits per heavy atom. The second-order valence-electron chi connectivity index (χ2n) is 7.31. The second-order valence-corrected chi connectivity index (χ2v) is 7.31. The van der Waals surface area contributed by atoms with E-state index in [2.05, 4.69) is 39.4 Å². The summed E-state index contributed by atoms with van der Waals surface area (Å²) < 4.78 is 7.41. The largest absolute Gasteiger partial charge is 0.372 e. The molecule has 1 amide bonds. The molecule has 1 aromatic carbocycles. The first-order chi connectivity index (χ1) is 14.1. The third kappa shape index (κ3) is 4.78. The van der Waals surface area contributed by atoms with Crippen LogP contribution in [0, 0.1) is 0 Å². The van der Waals surface area contributed by atoms with Gasteiger partial charge in [0.05, 0.1) is 36.8 Å². The summed E-state index contributed by atoms with van der Waals surface area (Å²) in [6.45, 7) is 6.28. The van der Waals surface area contributed by atoms with Crippen LogP contribution in [0.5, 0.6) is 0 Å². The van der Waals surface area contributed by atoms with Crippen molar-refractivity contribution in [2.45, 2.75) is 32.6 Å². The van der Waals surface area contributed by atoms with Crippen molar-refractivity contribution in [1.82, 2.24) is 20.0 Å². The monoisotopic (exact) mass is 392 g/mol. The molecule has 0 saturated carbocycles. The van der Waals surface area contributed by atoms with Crippen LogP contribution in [-0.2, 0) is 11.3 Å². The SMILES string of the molecule is CC1CN(c2ccc(NC(=O)c3cn(Cc4ccccc4)nn3)cn2)CC(C)O1. The van der Waals surface area contributed by atoms with Gasteiger partial charge in [-0.2, -0.15) is 0 Å². The topological polar surface area (TPSA) is 85.2 Å². The first-order valence-corrected chi connectivity index (χ1v) is 9.68. The molecule has 1 aliphatic heterocycles. The van der Waals surface area contributed by atoms with E-state index >= 15 is 0 Å². The van der Waals surface area contributed by atoms with E-state index in [4.69, 9.17) is 4.74 Å². The van der Waals surface area contributed by atoms with Crippen molar-refractivity contribution in [3.05, 3.63) is 66.1 Å². The van der Waals surface area contributed by atoms with Crippen molar-refractivity contribution in [1.29, 1.82) is 0 Å². The molecule has 2 unspecified atom stereocenters. The second kappa shape index (κ2) is 8.40. The summed E-state index contributed by atoms with van der Waals surface area (Å²) in [5.74, 6) is 0.561. The van der Waals surface area contributed by atoms with Gasteiger partial charge in [-0.05, 0) is 31.5 Å². The fourth-order valence-corrected chi connectivity index (χ4v) is 3.46. The first-order valence-electron chi connectivity index (χ1n) is 9.68. The van der Waals surface area contributed by atoms with Gasteiger partial charge in [0.15, 0.2) is 5.69 Å². The molecule has 0 spiro atoms. The number of hydrogen-bond donors (Lipinski definition) is 1. The van der Waals surface area contributed by atoms with E-state index in [0.29, 0.717) is 12.2 Å². The highest BCUT2D eigenvalue weighted by Gasteiger charge is 2.23. The number of pyridine rings is 1. The molecule has 0 bridgehead atoms. The van der Waals surface area contributed by atoms with Gasteiger partial charge < -0.3 is 15.0 Å². The fourth-order valence-electron chi connectivity index (χ4n) is 3.46. The zero-order chi connectivity index (χ0) is 20.2. The number of amides is 1. The predicted molar refractivity (Wildman–Crippen MR) is 110 cm³/mol. The van der Waals surface area contributed by atoms with E-state index < -0.39 is 0 Å². The van der Waals surface area contributed by atoms with Crippen LogP contribution in [0.15, 0.2) is 54.9 Å². The van der Waals surface area contributed by atoms with Gasteiger partial charge in [0, 0.05) is 13.1 Å². The number of benzene rings is 1. The van der Waals surface area contributed by atoms with Crippen molar-refractivity contribution in [2.24, 2.45) is 0 Å². The fraction of sp³-hybridized carbons (Fsp3) is 0.333. The summed E-state index contributed by atoms with van der Waals surface area (Å²) in [6, 6.07) is 13.7. The van der Waals surface area contributed by atoms with Gasteiger partial charge in [-0.25, -0.2) is 9.67 Å². The molecular weight excluding hydrogens is 368 g/mol. The zero-order valence-corrected chi connectivity index (χ0v) is 16.5. The number of rotatable bonds is 5. The Kier molecular flexibility index (Phi) is 5.53. The van der Waals surface area contributed by atoms with Crippen molar-refractivity contribution < 1.29 is 9.53 Å². The van der Waals surface area contributed by atoms with Gasteiger partial charge >= 0.3 is 0 Å². The van der Waals surface area contributed by atoms with Crippen molar-refractivity contribution >= 4 is 17.4 Å². The molecule has 29 heavy (non-hydrogen) atoms. The first kappa shape index (κ1) is 19.1. The highest BCUT2D eigenvalue weighted by Crippen LogP contribution is 2.20. The average Bonchev–Trinajstić information content (AvgIpc) is 3.17. The lowest BCUT2D eigenvalue weighted by Gasteiger charge is -2.36. The average molecular weight is 392 g/mol. The Morgan fingerprint density at radius 2 is 1.90 bits per heavy atom. The van der Waals surface area contributed by atoms with Gasteiger partial charge in [-0.15, -0.1) is 5.10 Å². The Bertz CT molecular complexity index is 947. The van der Waals surface area contributed by atoms with Gasteiger partial charge in [-0.1, -0.05) is 35.5 Å².